The minimum atomic E-state index is 0.494. The van der Waals surface area contributed by atoms with Crippen LogP contribution in [0.5, 0.6) is 34.5 Å². The molecule has 10 nitrogen and oxygen atoms in total. The molecule has 0 aliphatic rings. The number of rotatable bonds is 74. The first-order chi connectivity index (χ1) is 50.5. The van der Waals surface area contributed by atoms with E-state index in [0.717, 1.165) is 88.2 Å². The van der Waals surface area contributed by atoms with Crippen LogP contribution in [-0.2, 0) is 0 Å². The van der Waals surface area contributed by atoms with Crippen LogP contribution < -0.4 is 28.4 Å². The van der Waals surface area contributed by atoms with Crippen molar-refractivity contribution in [1.82, 2.24) is 9.97 Å². The summed E-state index contributed by atoms with van der Waals surface area (Å²) in [6.07, 6.45) is 76.4. The zero-order chi connectivity index (χ0) is 72.1. The first-order valence-electron chi connectivity index (χ1n) is 44.4. The molecule has 5 rings (SSSR count). The fraction of sp³-hybridized carbons (Fsp3) is 0.783. The Balaban J connectivity index is 1.41. The first-order valence-corrected chi connectivity index (χ1v) is 44.4. The fourth-order valence-electron chi connectivity index (χ4n) is 14.3. The molecule has 0 spiro atoms. The number of aromatic nitrogens is 2. The summed E-state index contributed by atoms with van der Waals surface area (Å²) in [5.74, 6) is 5.19. The van der Waals surface area contributed by atoms with E-state index < -0.39 is 0 Å². The summed E-state index contributed by atoms with van der Waals surface area (Å²) in [6, 6.07) is 12.2. The largest absolute Gasteiger partial charge is 0.490 e. The summed E-state index contributed by atoms with van der Waals surface area (Å²) in [6.45, 7) is 17.5. The van der Waals surface area contributed by atoms with Crippen LogP contribution >= 0.6 is 0 Å². The van der Waals surface area contributed by atoms with Crippen LogP contribution in [-0.4, -0.2) is 49.6 Å². The molecule has 582 valence electrons. The molecule has 0 saturated heterocycles. The molecule has 0 saturated carbocycles. The lowest BCUT2D eigenvalue weighted by molar-refractivity contribution is 0.234. The predicted octanol–water partition coefficient (Wildman–Crippen LogP) is 31.1. The average Bonchev–Trinajstić information content (AvgIpc) is 1.60. The summed E-state index contributed by atoms with van der Waals surface area (Å²) in [7, 11) is 0. The Hall–Kier alpha value is -4.60. The van der Waals surface area contributed by atoms with Gasteiger partial charge < -0.3 is 37.3 Å². The van der Waals surface area contributed by atoms with Crippen molar-refractivity contribution in [2.24, 2.45) is 0 Å². The van der Waals surface area contributed by atoms with Crippen molar-refractivity contribution in [3.63, 3.8) is 0 Å². The van der Waals surface area contributed by atoms with Crippen LogP contribution in [0.15, 0.2) is 45.2 Å². The van der Waals surface area contributed by atoms with Gasteiger partial charge in [-0.25, -0.2) is 9.97 Å². The zero-order valence-electron chi connectivity index (χ0n) is 67.3. The Morgan fingerprint density at radius 2 is 0.382 bits per heavy atom. The van der Waals surface area contributed by atoms with Gasteiger partial charge in [0.05, 0.1) is 39.6 Å². The number of hydrogen-bond donors (Lipinski definition) is 0. The molecule has 0 amide bonds. The second-order valence-electron chi connectivity index (χ2n) is 30.6. The zero-order valence-corrected chi connectivity index (χ0v) is 67.3. The molecule has 2 aromatic heterocycles. The van der Waals surface area contributed by atoms with Gasteiger partial charge in [-0.2, -0.15) is 0 Å². The lowest BCUT2D eigenvalue weighted by Gasteiger charge is -2.18. The quantitative estimate of drug-likeness (QED) is 0.0349. The van der Waals surface area contributed by atoms with Crippen molar-refractivity contribution < 1.29 is 37.3 Å². The Labute approximate surface area is 626 Å². The van der Waals surface area contributed by atoms with Crippen molar-refractivity contribution in [1.29, 1.82) is 0 Å². The summed E-state index contributed by atoms with van der Waals surface area (Å²) in [4.78, 5) is 10.4. The molecule has 0 bridgehead atoms. The van der Waals surface area contributed by atoms with E-state index in [4.69, 9.17) is 47.2 Å². The molecule has 0 radical (unpaired) electrons. The van der Waals surface area contributed by atoms with Crippen molar-refractivity contribution in [2.45, 2.75) is 427 Å². The van der Waals surface area contributed by atoms with Gasteiger partial charge in [0.1, 0.15) is 11.0 Å². The number of unbranched alkanes of at least 4 members (excludes halogenated alkanes) is 54. The molecular formula is C92H156N2O8. The maximum absolute atomic E-state index is 6.82. The van der Waals surface area contributed by atoms with Gasteiger partial charge in [-0.1, -0.05) is 388 Å². The van der Waals surface area contributed by atoms with Crippen LogP contribution in [0, 0.1) is 0 Å². The Kier molecular flexibility index (Phi) is 53.1. The predicted molar refractivity (Wildman–Crippen MR) is 436 cm³/mol. The summed E-state index contributed by atoms with van der Waals surface area (Å²) < 4.78 is 54.4. The second-order valence-corrected chi connectivity index (χ2v) is 30.6. The van der Waals surface area contributed by atoms with E-state index in [9.17, 15) is 0 Å². The lowest BCUT2D eigenvalue weighted by atomic mass is 10.1. The number of nitrogens with zero attached hydrogens (tertiary/aromatic N) is 2. The summed E-state index contributed by atoms with van der Waals surface area (Å²) >= 11 is 0. The molecule has 0 aliphatic heterocycles. The van der Waals surface area contributed by atoms with E-state index in [1.165, 1.54) is 308 Å². The highest BCUT2D eigenvalue weighted by atomic mass is 16.5. The molecule has 0 unspecified atom stereocenters. The van der Waals surface area contributed by atoms with E-state index in [1.807, 2.05) is 12.1 Å². The molecule has 0 N–H and O–H groups in total. The van der Waals surface area contributed by atoms with E-state index in [-0.39, 0.29) is 0 Å². The first kappa shape index (κ1) is 88.0. The highest BCUT2D eigenvalue weighted by molar-refractivity contribution is 5.91. The van der Waals surface area contributed by atoms with Crippen LogP contribution in [0.1, 0.15) is 427 Å². The standard InChI is InChI=1S/C92H156N2O8/c1-7-13-19-25-31-37-43-49-55-61-67-95-85-73-79(74-86(96-68-62-56-50-44-38-32-26-20-14-8-2)89(85)99-71-65-59-53-47-41-35-29-23-17-11-5)91-93-81-77-82-84(78-83(81)101-91)102-92(94-82)80-75-87(97-69-63-57-51-45-39-33-27-21-15-9-3)90(100-72-66-60-54-48-42-36-30-24-18-12-6)88(76-80)98-70-64-58-52-46-40-34-28-22-16-10-4/h73-78H,7-72H2,1-6H3. The molecule has 5 aromatic rings. The topological polar surface area (TPSA) is 107 Å². The van der Waals surface area contributed by atoms with Gasteiger partial charge in [0.15, 0.2) is 34.2 Å². The number of ether oxygens (including phenoxy) is 6. The third-order valence-corrected chi connectivity index (χ3v) is 20.9. The Morgan fingerprint density at radius 1 is 0.206 bits per heavy atom. The minimum Gasteiger partial charge on any atom is -0.490 e. The molecule has 10 heteroatoms. The van der Waals surface area contributed by atoms with Crippen molar-refractivity contribution >= 4 is 22.2 Å². The van der Waals surface area contributed by atoms with Crippen molar-refractivity contribution in [3.05, 3.63) is 36.4 Å². The average molecular weight is 1420 g/mol. The number of benzene rings is 3. The van der Waals surface area contributed by atoms with Crippen LogP contribution in [0.2, 0.25) is 0 Å². The highest BCUT2D eigenvalue weighted by Crippen LogP contribution is 2.45. The molecular weight excluding hydrogens is 1260 g/mol. The Bertz CT molecular complexity index is 2410. The SMILES string of the molecule is CCCCCCCCCCCCOc1cc(-c2nc3cc4nc(-c5cc(OCCCCCCCCCCCC)c(OCCCCCCCCCCCC)c(OCCCCCCCCCCCC)c5)oc4cc3o2)cc(OCCCCCCCCCCCC)c1OCCCCCCCCCCCC. The van der Waals surface area contributed by atoms with Gasteiger partial charge in [-0.05, 0) is 68.9 Å². The van der Waals surface area contributed by atoms with E-state index in [2.05, 4.69) is 65.8 Å². The lowest BCUT2D eigenvalue weighted by Crippen LogP contribution is -2.07. The monoisotopic (exact) mass is 1420 g/mol. The van der Waals surface area contributed by atoms with E-state index >= 15 is 0 Å². The second kappa shape index (κ2) is 61.5. The summed E-state index contributed by atoms with van der Waals surface area (Å²) in [5, 5.41) is 0. The molecule has 3 aromatic carbocycles. The van der Waals surface area contributed by atoms with Gasteiger partial charge in [0.2, 0.25) is 23.3 Å². The molecule has 0 fully saturated rings. The molecule has 0 aliphatic carbocycles. The molecule has 2 heterocycles. The number of oxazole rings is 2. The maximum Gasteiger partial charge on any atom is 0.227 e. The summed E-state index contributed by atoms with van der Waals surface area (Å²) in [5.41, 5.74) is 4.25. The number of hydrogen-bond acceptors (Lipinski definition) is 10. The fourth-order valence-corrected chi connectivity index (χ4v) is 14.3. The van der Waals surface area contributed by atoms with E-state index in [1.54, 1.807) is 0 Å². The van der Waals surface area contributed by atoms with Crippen molar-refractivity contribution in [3.8, 4) is 57.4 Å². The van der Waals surface area contributed by atoms with Crippen LogP contribution in [0.4, 0.5) is 0 Å². The van der Waals surface area contributed by atoms with Crippen LogP contribution in [0.25, 0.3) is 45.1 Å². The highest BCUT2D eigenvalue weighted by Gasteiger charge is 2.23. The Morgan fingerprint density at radius 3 is 0.578 bits per heavy atom. The van der Waals surface area contributed by atoms with Crippen LogP contribution in [0.3, 0.4) is 0 Å². The smallest absolute Gasteiger partial charge is 0.227 e. The van der Waals surface area contributed by atoms with Gasteiger partial charge in [0.25, 0.3) is 0 Å². The van der Waals surface area contributed by atoms with Crippen molar-refractivity contribution in [2.75, 3.05) is 39.6 Å². The molecule has 102 heavy (non-hydrogen) atoms. The normalized spacial score (nSPS) is 11.7. The third-order valence-electron chi connectivity index (χ3n) is 20.9. The van der Waals surface area contributed by atoms with Gasteiger partial charge in [-0.3, -0.25) is 0 Å². The molecule has 0 atom stereocenters. The van der Waals surface area contributed by atoms with Gasteiger partial charge in [-0.15, -0.1) is 0 Å². The maximum atomic E-state index is 6.82. The minimum absolute atomic E-state index is 0.494. The third kappa shape index (κ3) is 40.2. The van der Waals surface area contributed by atoms with Gasteiger partial charge >= 0.3 is 0 Å². The van der Waals surface area contributed by atoms with E-state index in [0.29, 0.717) is 108 Å². The van der Waals surface area contributed by atoms with Gasteiger partial charge in [0, 0.05) is 17.2 Å². The number of fused-ring (bicyclic) bond motifs is 2.